The summed E-state index contributed by atoms with van der Waals surface area (Å²) in [7, 11) is 1.77. The van der Waals surface area contributed by atoms with Crippen LogP contribution in [0, 0.1) is 17.2 Å². The molecule has 2 rings (SSSR count). The van der Waals surface area contributed by atoms with E-state index in [1.807, 2.05) is 25.1 Å². The number of amides is 1. The number of hydrogen-bond donors (Lipinski definition) is 1. The summed E-state index contributed by atoms with van der Waals surface area (Å²) in [6.07, 6.45) is 0.499. The van der Waals surface area contributed by atoms with Gasteiger partial charge in [0.15, 0.2) is 0 Å². The third-order valence-corrected chi connectivity index (χ3v) is 3.55. The summed E-state index contributed by atoms with van der Waals surface area (Å²) in [5.74, 6) is 0.220. The molecule has 1 heterocycles. The molecule has 2 unspecified atom stereocenters. The maximum absolute atomic E-state index is 12.1. The Morgan fingerprint density at radius 1 is 1.58 bits per heavy atom. The van der Waals surface area contributed by atoms with Crippen molar-refractivity contribution in [1.29, 1.82) is 5.26 Å². The van der Waals surface area contributed by atoms with E-state index in [1.165, 1.54) is 5.56 Å². The Morgan fingerprint density at radius 2 is 2.32 bits per heavy atom. The van der Waals surface area contributed by atoms with Crippen LogP contribution in [0.3, 0.4) is 0 Å². The molecule has 4 nitrogen and oxygen atoms in total. The molecule has 1 aromatic carbocycles. The van der Waals surface area contributed by atoms with Crippen LogP contribution in [0.1, 0.15) is 24.8 Å². The number of nitrogens with one attached hydrogen (secondary N) is 1. The van der Waals surface area contributed by atoms with Gasteiger partial charge >= 0.3 is 0 Å². The number of para-hydroxylation sites is 1. The van der Waals surface area contributed by atoms with E-state index in [1.54, 1.807) is 11.9 Å². The third kappa shape index (κ3) is 3.05. The van der Waals surface area contributed by atoms with Crippen LogP contribution in [0.4, 0.5) is 5.69 Å². The highest BCUT2D eigenvalue weighted by molar-refractivity contribution is 5.78. The quantitative estimate of drug-likeness (QED) is 0.899. The van der Waals surface area contributed by atoms with Crippen LogP contribution in [0.2, 0.25) is 0 Å². The van der Waals surface area contributed by atoms with E-state index in [4.69, 9.17) is 5.26 Å². The van der Waals surface area contributed by atoms with E-state index in [9.17, 15) is 4.79 Å². The summed E-state index contributed by atoms with van der Waals surface area (Å²) in [5, 5.41) is 12.1. The fraction of sp³-hybridized carbons (Fsp3) is 0.467. The zero-order valence-electron chi connectivity index (χ0n) is 11.4. The van der Waals surface area contributed by atoms with Gasteiger partial charge in [-0.2, -0.15) is 5.26 Å². The predicted molar refractivity (Wildman–Crippen MR) is 74.7 cm³/mol. The highest BCUT2D eigenvalue weighted by atomic mass is 16.2. The van der Waals surface area contributed by atoms with E-state index in [0.717, 1.165) is 12.2 Å². The average molecular weight is 257 g/mol. The highest BCUT2D eigenvalue weighted by Gasteiger charge is 2.25. The van der Waals surface area contributed by atoms with Gasteiger partial charge in [0.2, 0.25) is 5.91 Å². The summed E-state index contributed by atoms with van der Waals surface area (Å²) in [6.45, 7) is 3.14. The molecule has 1 aliphatic rings. The molecule has 100 valence electrons. The first-order valence-corrected chi connectivity index (χ1v) is 6.58. The number of carbonyl (C=O) groups excluding carboxylic acids is 1. The molecule has 1 aromatic rings. The van der Waals surface area contributed by atoms with E-state index < -0.39 is 0 Å². The second kappa shape index (κ2) is 5.75. The van der Waals surface area contributed by atoms with Gasteiger partial charge in [-0.05, 0) is 18.6 Å². The smallest absolute Gasteiger partial charge is 0.223 e. The predicted octanol–water partition coefficient (Wildman–Crippen LogP) is 2.20. The van der Waals surface area contributed by atoms with Crippen LogP contribution < -0.4 is 5.32 Å². The number of hydrogen-bond acceptors (Lipinski definition) is 3. The molecule has 0 spiro atoms. The monoisotopic (exact) mass is 257 g/mol. The summed E-state index contributed by atoms with van der Waals surface area (Å²) in [5.41, 5.74) is 2.35. The van der Waals surface area contributed by atoms with Crippen molar-refractivity contribution < 1.29 is 4.79 Å². The van der Waals surface area contributed by atoms with E-state index in [-0.39, 0.29) is 17.7 Å². The number of rotatable bonds is 4. The van der Waals surface area contributed by atoms with Gasteiger partial charge in [0.25, 0.3) is 0 Å². The van der Waals surface area contributed by atoms with Gasteiger partial charge < -0.3 is 10.2 Å². The number of benzene rings is 1. The molecule has 0 aliphatic carbocycles. The SMILES string of the molecule is CC(C#N)CN(C)C(=O)CC1CNc2ccccc21. The van der Waals surface area contributed by atoms with Crippen LogP contribution in [0.25, 0.3) is 0 Å². The normalized spacial score (nSPS) is 18.1. The van der Waals surface area contributed by atoms with Crippen molar-refractivity contribution >= 4 is 11.6 Å². The fourth-order valence-corrected chi connectivity index (χ4v) is 2.46. The summed E-state index contributed by atoms with van der Waals surface area (Å²) >= 11 is 0. The molecule has 0 saturated carbocycles. The van der Waals surface area contributed by atoms with Gasteiger partial charge in [-0.1, -0.05) is 18.2 Å². The van der Waals surface area contributed by atoms with Crippen molar-refractivity contribution in [2.75, 3.05) is 25.5 Å². The van der Waals surface area contributed by atoms with Gasteiger partial charge in [0.1, 0.15) is 0 Å². The van der Waals surface area contributed by atoms with Crippen molar-refractivity contribution in [3.8, 4) is 6.07 Å². The molecule has 1 aliphatic heterocycles. The Hall–Kier alpha value is -2.02. The molecule has 2 atom stereocenters. The van der Waals surface area contributed by atoms with Crippen molar-refractivity contribution in [2.24, 2.45) is 5.92 Å². The minimum Gasteiger partial charge on any atom is -0.384 e. The lowest BCUT2D eigenvalue weighted by atomic mass is 9.97. The van der Waals surface area contributed by atoms with Gasteiger partial charge in [-0.3, -0.25) is 4.79 Å². The molecule has 4 heteroatoms. The largest absolute Gasteiger partial charge is 0.384 e. The second-order valence-electron chi connectivity index (χ2n) is 5.17. The number of nitrogens with zero attached hydrogens (tertiary/aromatic N) is 2. The number of carbonyl (C=O) groups is 1. The number of nitriles is 1. The summed E-state index contributed by atoms with van der Waals surface area (Å²) < 4.78 is 0. The molecule has 0 bridgehead atoms. The molecule has 0 fully saturated rings. The molecule has 1 N–H and O–H groups in total. The molecular formula is C15H19N3O. The molecule has 0 saturated heterocycles. The molecule has 19 heavy (non-hydrogen) atoms. The Bertz CT molecular complexity index is 506. The van der Waals surface area contributed by atoms with Crippen LogP contribution in [-0.2, 0) is 4.79 Å². The van der Waals surface area contributed by atoms with Gasteiger partial charge in [0.05, 0.1) is 12.0 Å². The fourth-order valence-electron chi connectivity index (χ4n) is 2.46. The van der Waals surface area contributed by atoms with Gasteiger partial charge in [-0.15, -0.1) is 0 Å². The Kier molecular flexibility index (Phi) is 4.06. The summed E-state index contributed by atoms with van der Waals surface area (Å²) in [4.78, 5) is 13.8. The van der Waals surface area contributed by atoms with Crippen LogP contribution in [0.5, 0.6) is 0 Å². The van der Waals surface area contributed by atoms with E-state index in [0.29, 0.717) is 13.0 Å². The highest BCUT2D eigenvalue weighted by Crippen LogP contribution is 2.33. The standard InChI is InChI=1S/C15H19N3O/c1-11(8-16)10-18(2)15(19)7-12-9-17-14-6-4-3-5-13(12)14/h3-6,11-12,17H,7,9-10H2,1-2H3. The maximum atomic E-state index is 12.1. The molecule has 1 amide bonds. The first-order valence-electron chi connectivity index (χ1n) is 6.58. The Labute approximate surface area is 114 Å². The number of fused-ring (bicyclic) bond motifs is 1. The van der Waals surface area contributed by atoms with E-state index >= 15 is 0 Å². The Morgan fingerprint density at radius 3 is 3.05 bits per heavy atom. The first kappa shape index (κ1) is 13.4. The summed E-state index contributed by atoms with van der Waals surface area (Å²) in [6, 6.07) is 10.3. The average Bonchev–Trinajstić information content (AvgIpc) is 2.82. The van der Waals surface area contributed by atoms with Crippen molar-refractivity contribution in [3.63, 3.8) is 0 Å². The maximum Gasteiger partial charge on any atom is 0.223 e. The van der Waals surface area contributed by atoms with Gasteiger partial charge in [-0.25, -0.2) is 0 Å². The third-order valence-electron chi connectivity index (χ3n) is 3.55. The van der Waals surface area contributed by atoms with Crippen molar-refractivity contribution in [2.45, 2.75) is 19.3 Å². The van der Waals surface area contributed by atoms with E-state index in [2.05, 4.69) is 17.5 Å². The first-order chi connectivity index (χ1) is 9.11. The molecule has 0 aromatic heterocycles. The molecular weight excluding hydrogens is 238 g/mol. The van der Waals surface area contributed by atoms with Crippen LogP contribution in [-0.4, -0.2) is 30.9 Å². The lowest BCUT2D eigenvalue weighted by Gasteiger charge is -2.20. The Balaban J connectivity index is 1.96. The zero-order valence-corrected chi connectivity index (χ0v) is 11.4. The lowest BCUT2D eigenvalue weighted by Crippen LogP contribution is -2.31. The minimum absolute atomic E-state index is 0.102. The lowest BCUT2D eigenvalue weighted by molar-refractivity contribution is -0.130. The molecule has 0 radical (unpaired) electrons. The topological polar surface area (TPSA) is 56.1 Å². The second-order valence-corrected chi connectivity index (χ2v) is 5.17. The van der Waals surface area contributed by atoms with Gasteiger partial charge in [0, 0.05) is 38.2 Å². The van der Waals surface area contributed by atoms with Crippen molar-refractivity contribution in [1.82, 2.24) is 4.90 Å². The zero-order chi connectivity index (χ0) is 13.8. The minimum atomic E-state index is -0.122. The van der Waals surface area contributed by atoms with Crippen LogP contribution in [0.15, 0.2) is 24.3 Å². The number of anilines is 1. The van der Waals surface area contributed by atoms with Crippen LogP contribution >= 0.6 is 0 Å². The van der Waals surface area contributed by atoms with Crippen molar-refractivity contribution in [3.05, 3.63) is 29.8 Å².